The molecule has 0 radical (unpaired) electrons. The number of urea groups is 1. The van der Waals surface area contributed by atoms with Gasteiger partial charge in [0.25, 0.3) is 0 Å². The van der Waals surface area contributed by atoms with Gasteiger partial charge in [0.1, 0.15) is 11.6 Å². The number of hydrogen-bond donors (Lipinski definition) is 4. The molecule has 2 atom stereocenters. The molecule has 1 aliphatic rings. The molecule has 1 fully saturated rings. The molecule has 4 N–H and O–H groups in total. The van der Waals surface area contributed by atoms with Gasteiger partial charge in [0.2, 0.25) is 5.91 Å². The molecule has 27 heavy (non-hydrogen) atoms. The number of hydrogen-bond acceptors (Lipinski definition) is 4. The predicted molar refractivity (Wildman–Crippen MR) is 98.2 cm³/mol. The Bertz CT molecular complexity index is 820. The zero-order chi connectivity index (χ0) is 19.4. The lowest BCUT2D eigenvalue weighted by Crippen LogP contribution is -2.53. The van der Waals surface area contributed by atoms with Gasteiger partial charge < -0.3 is 10.6 Å². The molecule has 0 saturated carbocycles. The Morgan fingerprint density at radius 3 is 2.81 bits per heavy atom. The largest absolute Gasteiger partial charge is 0.334 e. The third-order valence-electron chi connectivity index (χ3n) is 4.33. The van der Waals surface area contributed by atoms with Crippen LogP contribution in [-0.2, 0) is 11.3 Å². The number of carbonyl (C=O) groups excluding carboxylic acids is 2. The van der Waals surface area contributed by atoms with Crippen molar-refractivity contribution in [3.63, 3.8) is 0 Å². The van der Waals surface area contributed by atoms with Crippen molar-refractivity contribution >= 4 is 17.8 Å². The first kappa shape index (κ1) is 18.8. The lowest BCUT2D eigenvalue weighted by atomic mass is 10.1. The Morgan fingerprint density at radius 2 is 2.11 bits per heavy atom. The molecule has 2 aromatic rings. The first-order valence-electron chi connectivity index (χ1n) is 8.85. The number of benzene rings is 1. The average molecular weight is 374 g/mol. The maximum Gasteiger partial charge on any atom is 0.320 e. The maximum absolute atomic E-state index is 12.9. The van der Waals surface area contributed by atoms with Crippen molar-refractivity contribution in [2.75, 3.05) is 5.32 Å². The Labute approximate surface area is 156 Å². The summed E-state index contributed by atoms with van der Waals surface area (Å²) >= 11 is 0. The smallest absolute Gasteiger partial charge is 0.320 e. The highest BCUT2D eigenvalue weighted by atomic mass is 19.1. The lowest BCUT2D eigenvalue weighted by Gasteiger charge is -2.31. The average Bonchev–Trinajstić information content (AvgIpc) is 3.01. The van der Waals surface area contributed by atoms with Gasteiger partial charge in [-0.15, -0.1) is 0 Å². The molecule has 2 unspecified atom stereocenters. The Morgan fingerprint density at radius 1 is 1.37 bits per heavy atom. The van der Waals surface area contributed by atoms with Crippen molar-refractivity contribution in [2.24, 2.45) is 0 Å². The van der Waals surface area contributed by atoms with Crippen molar-refractivity contribution in [3.8, 4) is 0 Å². The van der Waals surface area contributed by atoms with E-state index >= 15 is 0 Å². The van der Waals surface area contributed by atoms with E-state index in [1.807, 2.05) is 6.92 Å². The van der Waals surface area contributed by atoms with Gasteiger partial charge in [0.15, 0.2) is 6.29 Å². The number of nitrogens with zero attached hydrogens (tertiary/aromatic N) is 2. The van der Waals surface area contributed by atoms with Gasteiger partial charge in [-0.05, 0) is 31.0 Å². The summed E-state index contributed by atoms with van der Waals surface area (Å²) in [5.41, 5.74) is 1.49. The van der Waals surface area contributed by atoms with E-state index in [4.69, 9.17) is 0 Å². The molecule has 1 aromatic carbocycles. The number of aryl methyl sites for hydroxylation is 1. The maximum atomic E-state index is 12.9. The minimum atomic E-state index is -0.530. The van der Waals surface area contributed by atoms with Crippen LogP contribution in [0.5, 0.6) is 0 Å². The fourth-order valence-corrected chi connectivity index (χ4v) is 2.90. The SMILES string of the molecule is CCC1CC(=O)NC(n2nc(C)cc2NC(=O)NCc2ccc(F)cc2)N1. The minimum absolute atomic E-state index is 0.0495. The normalized spacial score (nSPS) is 19.4. The third-order valence-corrected chi connectivity index (χ3v) is 4.33. The van der Waals surface area contributed by atoms with Crippen LogP contribution in [0.25, 0.3) is 0 Å². The summed E-state index contributed by atoms with van der Waals surface area (Å²) in [4.78, 5) is 24.2. The van der Waals surface area contributed by atoms with Crippen molar-refractivity contribution < 1.29 is 14.0 Å². The number of carbonyl (C=O) groups is 2. The topological polar surface area (TPSA) is 100 Å². The molecule has 2 heterocycles. The number of rotatable bonds is 5. The van der Waals surface area contributed by atoms with Crippen LogP contribution in [-0.4, -0.2) is 27.8 Å². The van der Waals surface area contributed by atoms with Gasteiger partial charge in [0, 0.05) is 25.1 Å². The molecule has 144 valence electrons. The molecule has 8 nitrogen and oxygen atoms in total. The monoisotopic (exact) mass is 374 g/mol. The van der Waals surface area contributed by atoms with Gasteiger partial charge in [-0.3, -0.25) is 15.4 Å². The fraction of sp³-hybridized carbons (Fsp3) is 0.389. The number of anilines is 1. The molecule has 1 aliphatic heterocycles. The standard InChI is InChI=1S/C18H23FN6O2/c1-3-14-9-16(26)23-17(21-14)25-15(8-11(2)24-25)22-18(27)20-10-12-4-6-13(19)7-5-12/h4-8,14,17,21H,3,9-10H2,1-2H3,(H,23,26)(H2,20,22,27). The molecule has 0 spiro atoms. The van der Waals surface area contributed by atoms with Crippen LogP contribution in [0.15, 0.2) is 30.3 Å². The number of amides is 3. The number of nitrogens with one attached hydrogen (secondary N) is 4. The van der Waals surface area contributed by atoms with Gasteiger partial charge in [-0.2, -0.15) is 5.10 Å². The number of halogens is 1. The van der Waals surface area contributed by atoms with Gasteiger partial charge in [0.05, 0.1) is 5.69 Å². The van der Waals surface area contributed by atoms with Crippen LogP contribution in [0, 0.1) is 12.7 Å². The van der Waals surface area contributed by atoms with Crippen LogP contribution >= 0.6 is 0 Å². The van der Waals surface area contributed by atoms with E-state index in [9.17, 15) is 14.0 Å². The highest BCUT2D eigenvalue weighted by Gasteiger charge is 2.28. The molecular formula is C18H23FN6O2. The summed E-state index contributed by atoms with van der Waals surface area (Å²) in [5.74, 6) is 0.0686. The Balaban J connectivity index is 1.65. The summed E-state index contributed by atoms with van der Waals surface area (Å²) in [6.07, 6.45) is 0.691. The second-order valence-corrected chi connectivity index (χ2v) is 6.50. The fourth-order valence-electron chi connectivity index (χ4n) is 2.90. The second-order valence-electron chi connectivity index (χ2n) is 6.50. The molecule has 9 heteroatoms. The first-order valence-corrected chi connectivity index (χ1v) is 8.85. The summed E-state index contributed by atoms with van der Waals surface area (Å²) in [6.45, 7) is 4.07. The summed E-state index contributed by atoms with van der Waals surface area (Å²) in [6, 6.07) is 7.25. The zero-order valence-electron chi connectivity index (χ0n) is 15.3. The van der Waals surface area contributed by atoms with Crippen molar-refractivity contribution in [1.29, 1.82) is 0 Å². The van der Waals surface area contributed by atoms with Crippen LogP contribution in [0.4, 0.5) is 15.0 Å². The second kappa shape index (κ2) is 8.17. The molecule has 3 amide bonds. The van der Waals surface area contributed by atoms with E-state index in [1.165, 1.54) is 12.1 Å². The summed E-state index contributed by atoms with van der Waals surface area (Å²) in [5, 5.41) is 16.0. The lowest BCUT2D eigenvalue weighted by molar-refractivity contribution is -0.125. The summed E-state index contributed by atoms with van der Waals surface area (Å²) in [7, 11) is 0. The van der Waals surface area contributed by atoms with E-state index in [2.05, 4.69) is 26.4 Å². The van der Waals surface area contributed by atoms with Crippen LogP contribution in [0.1, 0.15) is 37.3 Å². The van der Waals surface area contributed by atoms with Crippen LogP contribution < -0.4 is 21.3 Å². The number of aromatic nitrogens is 2. The van der Waals surface area contributed by atoms with E-state index in [-0.39, 0.29) is 24.3 Å². The van der Waals surface area contributed by atoms with Gasteiger partial charge in [-0.1, -0.05) is 19.1 Å². The molecule has 0 bridgehead atoms. The van der Waals surface area contributed by atoms with Crippen molar-refractivity contribution in [2.45, 2.75) is 45.6 Å². The van der Waals surface area contributed by atoms with Crippen molar-refractivity contribution in [3.05, 3.63) is 47.4 Å². The van der Waals surface area contributed by atoms with E-state index in [1.54, 1.807) is 29.8 Å². The molecule has 0 aliphatic carbocycles. The van der Waals surface area contributed by atoms with Gasteiger partial charge in [-0.25, -0.2) is 13.9 Å². The quantitative estimate of drug-likeness (QED) is 0.643. The first-order chi connectivity index (χ1) is 12.9. The minimum Gasteiger partial charge on any atom is -0.334 e. The van der Waals surface area contributed by atoms with Gasteiger partial charge >= 0.3 is 6.03 Å². The van der Waals surface area contributed by atoms with E-state index in [0.29, 0.717) is 17.9 Å². The van der Waals surface area contributed by atoms with Crippen molar-refractivity contribution in [1.82, 2.24) is 25.7 Å². The Kier molecular flexibility index (Phi) is 5.70. The molecule has 1 aromatic heterocycles. The molecule has 3 rings (SSSR count). The van der Waals surface area contributed by atoms with E-state index < -0.39 is 12.3 Å². The van der Waals surface area contributed by atoms with E-state index in [0.717, 1.165) is 12.0 Å². The third kappa shape index (κ3) is 4.82. The molecule has 1 saturated heterocycles. The van der Waals surface area contributed by atoms with Crippen LogP contribution in [0.3, 0.4) is 0 Å². The highest BCUT2D eigenvalue weighted by Crippen LogP contribution is 2.18. The molecular weight excluding hydrogens is 351 g/mol. The highest BCUT2D eigenvalue weighted by molar-refractivity contribution is 5.88. The zero-order valence-corrected chi connectivity index (χ0v) is 15.3. The Hall–Kier alpha value is -2.94. The summed E-state index contributed by atoms with van der Waals surface area (Å²) < 4.78 is 14.5. The predicted octanol–water partition coefficient (Wildman–Crippen LogP) is 2.00. The van der Waals surface area contributed by atoms with Crippen LogP contribution in [0.2, 0.25) is 0 Å².